The van der Waals surface area contributed by atoms with Crippen LogP contribution < -0.4 is 16.0 Å². The molecule has 0 spiro atoms. The second-order valence-electron chi connectivity index (χ2n) is 5.30. The number of para-hydroxylation sites is 2. The molecule has 0 aromatic heterocycles. The van der Waals surface area contributed by atoms with Crippen LogP contribution in [0.1, 0.15) is 5.56 Å². The van der Waals surface area contributed by atoms with Gasteiger partial charge in [0.2, 0.25) is 0 Å². The van der Waals surface area contributed by atoms with Gasteiger partial charge < -0.3 is 10.2 Å². The maximum absolute atomic E-state index is 13.9. The molecular weight excluding hydrogens is 317 g/mol. The molecule has 3 N–H and O–H groups in total. The highest BCUT2D eigenvalue weighted by molar-refractivity contribution is 6.05. The van der Waals surface area contributed by atoms with E-state index in [0.717, 1.165) is 22.4 Å². The molecule has 0 radical (unpaired) electrons. The molecular formula is C20H18FN3O. The molecule has 25 heavy (non-hydrogen) atoms. The molecule has 0 bridgehead atoms. The molecule has 0 aliphatic rings. The van der Waals surface area contributed by atoms with E-state index in [2.05, 4.69) is 10.4 Å². The van der Waals surface area contributed by atoms with Gasteiger partial charge in [-0.05, 0) is 23.8 Å². The highest BCUT2D eigenvalue weighted by Gasteiger charge is 2.14. The molecule has 0 saturated heterocycles. The van der Waals surface area contributed by atoms with Gasteiger partial charge in [0.15, 0.2) is 0 Å². The highest BCUT2D eigenvalue weighted by atomic mass is 19.1. The molecule has 0 fully saturated rings. The van der Waals surface area contributed by atoms with E-state index in [9.17, 15) is 4.39 Å². The van der Waals surface area contributed by atoms with Gasteiger partial charge in [-0.2, -0.15) is 0 Å². The van der Waals surface area contributed by atoms with Crippen molar-refractivity contribution in [2.45, 2.75) is 0 Å². The summed E-state index contributed by atoms with van der Waals surface area (Å²) in [4.78, 5) is 4.35. The van der Waals surface area contributed by atoms with Gasteiger partial charge in [0.05, 0.1) is 7.11 Å². The van der Waals surface area contributed by atoms with Crippen molar-refractivity contribution in [3.63, 3.8) is 0 Å². The van der Waals surface area contributed by atoms with Crippen molar-refractivity contribution in [1.82, 2.24) is 5.43 Å². The smallest absolute Gasteiger partial charge is 0.148 e. The van der Waals surface area contributed by atoms with Gasteiger partial charge in [0.1, 0.15) is 23.1 Å². The van der Waals surface area contributed by atoms with Gasteiger partial charge in [-0.3, -0.25) is 0 Å². The molecule has 126 valence electrons. The largest absolute Gasteiger partial charge is 0.496 e. The summed E-state index contributed by atoms with van der Waals surface area (Å²) < 4.78 is 19.4. The Morgan fingerprint density at radius 1 is 0.920 bits per heavy atom. The third-order valence-corrected chi connectivity index (χ3v) is 3.80. The quantitative estimate of drug-likeness (QED) is 0.327. The van der Waals surface area contributed by atoms with Crippen LogP contribution in [0.2, 0.25) is 0 Å². The first-order chi connectivity index (χ1) is 12.2. The first-order valence-corrected chi connectivity index (χ1v) is 7.77. The normalized spacial score (nSPS) is 11.2. The number of aliphatic imine (C=N–C) groups is 1. The molecule has 5 heteroatoms. The number of nitrogens with zero attached hydrogens (tertiary/aromatic N) is 1. The van der Waals surface area contributed by atoms with Crippen molar-refractivity contribution in [2.75, 3.05) is 7.11 Å². The number of rotatable bonds is 4. The number of amidine groups is 1. The lowest BCUT2D eigenvalue weighted by molar-refractivity contribution is 0.416. The number of halogens is 1. The predicted molar refractivity (Wildman–Crippen MR) is 98.4 cm³/mol. The van der Waals surface area contributed by atoms with E-state index in [1.165, 1.54) is 6.07 Å². The summed E-state index contributed by atoms with van der Waals surface area (Å²) in [6, 6.07) is 21.6. The third-order valence-electron chi connectivity index (χ3n) is 3.80. The van der Waals surface area contributed by atoms with Crippen molar-refractivity contribution in [3.8, 4) is 16.9 Å². The van der Waals surface area contributed by atoms with Gasteiger partial charge in [0.25, 0.3) is 0 Å². The summed E-state index contributed by atoms with van der Waals surface area (Å²) in [7, 11) is 1.62. The Kier molecular flexibility index (Phi) is 5.06. The van der Waals surface area contributed by atoms with Crippen LogP contribution in [0, 0.1) is 5.82 Å². The minimum absolute atomic E-state index is 0.213. The zero-order valence-electron chi connectivity index (χ0n) is 13.7. The molecule has 0 atom stereocenters. The maximum atomic E-state index is 13.9. The third kappa shape index (κ3) is 3.51. The Balaban J connectivity index is 2.16. The molecule has 0 saturated carbocycles. The summed E-state index contributed by atoms with van der Waals surface area (Å²) in [6.07, 6.45) is 0. The molecule has 3 aromatic rings. The highest BCUT2D eigenvalue weighted by Crippen LogP contribution is 2.32. The molecule has 0 heterocycles. The fourth-order valence-electron chi connectivity index (χ4n) is 2.62. The summed E-state index contributed by atoms with van der Waals surface area (Å²) >= 11 is 0. The van der Waals surface area contributed by atoms with Crippen LogP contribution in [-0.4, -0.2) is 12.9 Å². The van der Waals surface area contributed by atoms with Crippen molar-refractivity contribution < 1.29 is 9.13 Å². The van der Waals surface area contributed by atoms with Crippen molar-refractivity contribution in [2.24, 2.45) is 10.8 Å². The molecule has 4 nitrogen and oxygen atoms in total. The van der Waals surface area contributed by atoms with Crippen LogP contribution in [-0.2, 0) is 0 Å². The molecule has 3 aromatic carbocycles. The number of benzene rings is 3. The summed E-state index contributed by atoms with van der Waals surface area (Å²) in [5, 5.41) is 0. The lowest BCUT2D eigenvalue weighted by Gasteiger charge is -2.14. The van der Waals surface area contributed by atoms with E-state index in [-0.39, 0.29) is 5.69 Å². The van der Waals surface area contributed by atoms with Gasteiger partial charge in [-0.1, -0.05) is 54.6 Å². The molecule has 0 amide bonds. The van der Waals surface area contributed by atoms with E-state index in [4.69, 9.17) is 10.6 Å². The Bertz CT molecular complexity index is 909. The number of methoxy groups -OCH3 is 1. The second kappa shape index (κ2) is 7.59. The van der Waals surface area contributed by atoms with Crippen LogP contribution in [0.5, 0.6) is 5.75 Å². The summed E-state index contributed by atoms with van der Waals surface area (Å²) in [5.41, 5.74) is 5.33. The average molecular weight is 335 g/mol. The zero-order chi connectivity index (χ0) is 17.6. The number of hydrogen-bond donors (Lipinski definition) is 2. The fraction of sp³-hybridized carbons (Fsp3) is 0.0500. The van der Waals surface area contributed by atoms with Gasteiger partial charge in [-0.25, -0.2) is 15.2 Å². The number of nitrogens with one attached hydrogen (secondary N) is 1. The SMILES string of the molecule is COc1ccccc1-c1ccccc1C(=Nc1ccccc1F)NN. The molecule has 3 rings (SSSR count). The topological polar surface area (TPSA) is 59.6 Å². The van der Waals surface area contributed by atoms with E-state index >= 15 is 0 Å². The maximum Gasteiger partial charge on any atom is 0.148 e. The van der Waals surface area contributed by atoms with E-state index < -0.39 is 5.82 Å². The first kappa shape index (κ1) is 16.7. The molecule has 0 aliphatic heterocycles. The van der Waals surface area contributed by atoms with Crippen LogP contribution in [0.3, 0.4) is 0 Å². The Morgan fingerprint density at radius 3 is 2.28 bits per heavy atom. The van der Waals surface area contributed by atoms with Crippen LogP contribution in [0.25, 0.3) is 11.1 Å². The van der Waals surface area contributed by atoms with E-state index in [1.807, 2.05) is 48.5 Å². The first-order valence-electron chi connectivity index (χ1n) is 7.77. The lowest BCUT2D eigenvalue weighted by Crippen LogP contribution is -2.31. The average Bonchev–Trinajstić information content (AvgIpc) is 2.67. The van der Waals surface area contributed by atoms with Crippen molar-refractivity contribution >= 4 is 11.5 Å². The van der Waals surface area contributed by atoms with Crippen LogP contribution in [0.15, 0.2) is 77.8 Å². The Morgan fingerprint density at radius 2 is 1.56 bits per heavy atom. The van der Waals surface area contributed by atoms with Gasteiger partial charge in [0, 0.05) is 11.1 Å². The van der Waals surface area contributed by atoms with Crippen LogP contribution >= 0.6 is 0 Å². The number of nitrogens with two attached hydrogens (primary N) is 1. The monoisotopic (exact) mass is 335 g/mol. The number of hydrazine groups is 1. The zero-order valence-corrected chi connectivity index (χ0v) is 13.7. The number of ether oxygens (including phenoxy) is 1. The van der Waals surface area contributed by atoms with Gasteiger partial charge in [-0.15, -0.1) is 0 Å². The van der Waals surface area contributed by atoms with E-state index in [1.54, 1.807) is 25.3 Å². The second-order valence-corrected chi connectivity index (χ2v) is 5.30. The van der Waals surface area contributed by atoms with Crippen molar-refractivity contribution in [1.29, 1.82) is 0 Å². The van der Waals surface area contributed by atoms with Crippen molar-refractivity contribution in [3.05, 3.63) is 84.2 Å². The van der Waals surface area contributed by atoms with Crippen LogP contribution in [0.4, 0.5) is 10.1 Å². The minimum Gasteiger partial charge on any atom is -0.496 e. The molecule has 0 unspecified atom stereocenters. The Hall–Kier alpha value is -3.18. The van der Waals surface area contributed by atoms with E-state index in [0.29, 0.717) is 5.84 Å². The summed E-state index contributed by atoms with van der Waals surface area (Å²) in [5.74, 6) is 6.37. The summed E-state index contributed by atoms with van der Waals surface area (Å²) in [6.45, 7) is 0. The number of hydrogen-bond acceptors (Lipinski definition) is 3. The lowest BCUT2D eigenvalue weighted by atomic mass is 9.98. The Labute approximate surface area is 145 Å². The predicted octanol–water partition coefficient (Wildman–Crippen LogP) is 4.04. The standard InChI is InChI=1S/C20H18FN3O/c1-25-19-13-7-4-9-15(19)14-8-2-3-10-16(14)20(24-22)23-18-12-6-5-11-17(18)21/h2-13H,22H2,1H3,(H,23,24). The van der Waals surface area contributed by atoms with Gasteiger partial charge >= 0.3 is 0 Å². The fourth-order valence-corrected chi connectivity index (χ4v) is 2.62. The molecule has 0 aliphatic carbocycles. The minimum atomic E-state index is -0.412.